The fraction of sp³-hybridized carbons (Fsp3) is 0.0833. The van der Waals surface area contributed by atoms with Crippen molar-refractivity contribution in [3.63, 3.8) is 0 Å². The van der Waals surface area contributed by atoms with E-state index in [0.29, 0.717) is 18.1 Å². The highest BCUT2D eigenvalue weighted by Gasteiger charge is 2.11. The van der Waals surface area contributed by atoms with E-state index in [4.69, 9.17) is 0 Å². The SMILES string of the molecule is O=[S@@](Cc1cc(NCc2ccccc2)nc(-c2ccccc2)n1)c1ccccc1. The van der Waals surface area contributed by atoms with Gasteiger partial charge in [-0.25, -0.2) is 9.97 Å². The summed E-state index contributed by atoms with van der Waals surface area (Å²) in [6.07, 6.45) is 0. The third-order valence-electron chi connectivity index (χ3n) is 4.41. The van der Waals surface area contributed by atoms with E-state index in [1.54, 1.807) is 0 Å². The van der Waals surface area contributed by atoms with E-state index in [9.17, 15) is 4.21 Å². The summed E-state index contributed by atoms with van der Waals surface area (Å²) in [5.74, 6) is 1.69. The fourth-order valence-corrected chi connectivity index (χ4v) is 4.00. The Balaban J connectivity index is 1.62. The van der Waals surface area contributed by atoms with Gasteiger partial charge in [-0.05, 0) is 17.7 Å². The molecule has 0 amide bonds. The Labute approximate surface area is 173 Å². The molecule has 0 saturated heterocycles. The molecule has 0 aliphatic rings. The molecule has 0 spiro atoms. The van der Waals surface area contributed by atoms with Crippen molar-refractivity contribution in [1.29, 1.82) is 0 Å². The average Bonchev–Trinajstić information content (AvgIpc) is 2.79. The van der Waals surface area contributed by atoms with Gasteiger partial charge in [0.2, 0.25) is 0 Å². The summed E-state index contributed by atoms with van der Waals surface area (Å²) in [5.41, 5.74) is 2.85. The molecule has 1 heterocycles. The van der Waals surface area contributed by atoms with E-state index in [1.165, 1.54) is 5.56 Å². The maximum absolute atomic E-state index is 12.8. The van der Waals surface area contributed by atoms with E-state index >= 15 is 0 Å². The second-order valence-electron chi connectivity index (χ2n) is 6.58. The molecule has 0 aliphatic heterocycles. The third-order valence-corrected chi connectivity index (χ3v) is 5.77. The summed E-state index contributed by atoms with van der Waals surface area (Å²) in [4.78, 5) is 10.2. The molecule has 1 atom stereocenters. The van der Waals surface area contributed by atoms with Crippen LogP contribution in [0.2, 0.25) is 0 Å². The van der Waals surface area contributed by atoms with Crippen molar-refractivity contribution >= 4 is 16.6 Å². The molecule has 144 valence electrons. The van der Waals surface area contributed by atoms with Gasteiger partial charge in [0.1, 0.15) is 5.82 Å². The van der Waals surface area contributed by atoms with Gasteiger partial charge in [0.05, 0.1) is 22.2 Å². The molecule has 0 bridgehead atoms. The topological polar surface area (TPSA) is 54.9 Å². The molecule has 0 saturated carbocycles. The zero-order valence-electron chi connectivity index (χ0n) is 15.9. The highest BCUT2D eigenvalue weighted by atomic mass is 32.2. The summed E-state index contributed by atoms with van der Waals surface area (Å²) in [5, 5.41) is 3.37. The minimum absolute atomic E-state index is 0.340. The van der Waals surface area contributed by atoms with Crippen molar-refractivity contribution in [3.8, 4) is 11.4 Å². The van der Waals surface area contributed by atoms with E-state index in [-0.39, 0.29) is 0 Å². The number of hydrogen-bond acceptors (Lipinski definition) is 4. The molecule has 0 aliphatic carbocycles. The van der Waals surface area contributed by atoms with E-state index < -0.39 is 10.8 Å². The number of benzene rings is 3. The lowest BCUT2D eigenvalue weighted by atomic mass is 10.2. The van der Waals surface area contributed by atoms with Crippen LogP contribution in [-0.4, -0.2) is 14.2 Å². The molecule has 0 unspecified atom stereocenters. The van der Waals surface area contributed by atoms with E-state index in [1.807, 2.05) is 84.9 Å². The zero-order valence-corrected chi connectivity index (χ0v) is 16.7. The third kappa shape index (κ3) is 5.15. The van der Waals surface area contributed by atoms with Crippen LogP contribution in [0, 0.1) is 0 Å². The minimum atomic E-state index is -1.17. The van der Waals surface area contributed by atoms with E-state index in [0.717, 1.165) is 22.0 Å². The van der Waals surface area contributed by atoms with Gasteiger partial charge in [0, 0.05) is 23.1 Å². The Kier molecular flexibility index (Phi) is 6.07. The maximum atomic E-state index is 12.8. The number of aromatic nitrogens is 2. The van der Waals surface area contributed by atoms with Crippen molar-refractivity contribution in [1.82, 2.24) is 9.97 Å². The number of rotatable bonds is 7. The highest BCUT2D eigenvalue weighted by Crippen LogP contribution is 2.20. The first-order valence-corrected chi connectivity index (χ1v) is 10.7. The van der Waals surface area contributed by atoms with Crippen molar-refractivity contribution in [2.75, 3.05) is 5.32 Å². The zero-order chi connectivity index (χ0) is 19.9. The molecular formula is C24H21N3OS. The van der Waals surface area contributed by atoms with Crippen molar-refractivity contribution in [3.05, 3.63) is 108 Å². The molecule has 0 fully saturated rings. The van der Waals surface area contributed by atoms with Gasteiger partial charge in [0.25, 0.3) is 0 Å². The first kappa shape index (κ1) is 19.0. The number of hydrogen-bond donors (Lipinski definition) is 1. The van der Waals surface area contributed by atoms with Gasteiger partial charge in [-0.3, -0.25) is 4.21 Å². The van der Waals surface area contributed by atoms with Crippen LogP contribution >= 0.6 is 0 Å². The van der Waals surface area contributed by atoms with E-state index in [2.05, 4.69) is 27.4 Å². The molecule has 4 nitrogen and oxygen atoms in total. The first-order chi connectivity index (χ1) is 14.3. The highest BCUT2D eigenvalue weighted by molar-refractivity contribution is 7.84. The lowest BCUT2D eigenvalue weighted by Crippen LogP contribution is -2.06. The second kappa shape index (κ2) is 9.26. The van der Waals surface area contributed by atoms with Gasteiger partial charge < -0.3 is 5.32 Å². The second-order valence-corrected chi connectivity index (χ2v) is 8.03. The van der Waals surface area contributed by atoms with Crippen LogP contribution in [-0.2, 0) is 23.1 Å². The summed E-state index contributed by atoms with van der Waals surface area (Å²) < 4.78 is 12.8. The Hall–Kier alpha value is -3.31. The first-order valence-electron chi connectivity index (χ1n) is 9.42. The standard InChI is InChI=1S/C24H21N3OS/c28-29(22-14-8-3-9-15-22)18-21-16-23(25-17-19-10-4-1-5-11-19)27-24(26-21)20-12-6-2-7-13-20/h1-16H,17-18H2,(H,25,26,27)/t29-/m0/s1. The summed E-state index contributed by atoms with van der Waals surface area (Å²) in [6, 6.07) is 31.4. The predicted octanol–water partition coefficient (Wildman–Crippen LogP) is 5.06. The number of nitrogens with zero attached hydrogens (tertiary/aromatic N) is 2. The Morgan fingerprint density at radius 2 is 1.38 bits per heavy atom. The van der Waals surface area contributed by atoms with Crippen molar-refractivity contribution in [2.24, 2.45) is 0 Å². The molecule has 0 radical (unpaired) electrons. The molecule has 5 heteroatoms. The van der Waals surface area contributed by atoms with Crippen LogP contribution in [0.15, 0.2) is 102 Å². The summed E-state index contributed by atoms with van der Waals surface area (Å²) in [6.45, 7) is 0.660. The average molecular weight is 400 g/mol. The Morgan fingerprint density at radius 3 is 2.07 bits per heavy atom. The van der Waals surface area contributed by atoms with Crippen molar-refractivity contribution < 1.29 is 4.21 Å². The minimum Gasteiger partial charge on any atom is -0.366 e. The van der Waals surface area contributed by atoms with Crippen molar-refractivity contribution in [2.45, 2.75) is 17.2 Å². The Morgan fingerprint density at radius 1 is 0.759 bits per heavy atom. The quantitative estimate of drug-likeness (QED) is 0.472. The molecule has 1 aromatic heterocycles. The normalized spacial score (nSPS) is 11.7. The molecule has 4 aromatic rings. The lowest BCUT2D eigenvalue weighted by molar-refractivity contribution is 0.682. The number of anilines is 1. The molecule has 1 N–H and O–H groups in total. The lowest BCUT2D eigenvalue weighted by Gasteiger charge is -2.11. The Bertz CT molecular complexity index is 1090. The summed E-state index contributed by atoms with van der Waals surface area (Å²) in [7, 11) is -1.17. The maximum Gasteiger partial charge on any atom is 0.161 e. The van der Waals surface area contributed by atoms with Crippen LogP contribution in [0.25, 0.3) is 11.4 Å². The fourth-order valence-electron chi connectivity index (χ4n) is 2.96. The monoisotopic (exact) mass is 399 g/mol. The molecular weight excluding hydrogens is 378 g/mol. The van der Waals surface area contributed by atoms with Crippen LogP contribution in [0.1, 0.15) is 11.3 Å². The van der Waals surface area contributed by atoms with Gasteiger partial charge in [-0.2, -0.15) is 0 Å². The van der Waals surface area contributed by atoms with Crippen LogP contribution in [0.3, 0.4) is 0 Å². The van der Waals surface area contributed by atoms with Gasteiger partial charge in [-0.1, -0.05) is 78.9 Å². The van der Waals surface area contributed by atoms with Gasteiger partial charge >= 0.3 is 0 Å². The van der Waals surface area contributed by atoms with Gasteiger partial charge in [-0.15, -0.1) is 0 Å². The molecule has 3 aromatic carbocycles. The molecule has 4 rings (SSSR count). The van der Waals surface area contributed by atoms with Crippen LogP contribution < -0.4 is 5.32 Å². The number of nitrogens with one attached hydrogen (secondary N) is 1. The predicted molar refractivity (Wildman–Crippen MR) is 118 cm³/mol. The smallest absolute Gasteiger partial charge is 0.161 e. The largest absolute Gasteiger partial charge is 0.366 e. The molecule has 29 heavy (non-hydrogen) atoms. The summed E-state index contributed by atoms with van der Waals surface area (Å²) >= 11 is 0. The van der Waals surface area contributed by atoms with Gasteiger partial charge in [0.15, 0.2) is 5.82 Å². The van der Waals surface area contributed by atoms with Crippen LogP contribution in [0.4, 0.5) is 5.82 Å². The van der Waals surface area contributed by atoms with Crippen LogP contribution in [0.5, 0.6) is 0 Å².